The lowest BCUT2D eigenvalue weighted by molar-refractivity contribution is -0.126. The highest BCUT2D eigenvalue weighted by atomic mass is 19.1. The zero-order chi connectivity index (χ0) is 19.4. The van der Waals surface area contributed by atoms with Crippen LogP contribution in [0.4, 0.5) is 4.39 Å². The van der Waals surface area contributed by atoms with Crippen LogP contribution in [0.25, 0.3) is 0 Å². The Bertz CT molecular complexity index is 846. The average molecular weight is 374 g/mol. The summed E-state index contributed by atoms with van der Waals surface area (Å²) in [6.07, 6.45) is 1.34. The van der Waals surface area contributed by atoms with Crippen molar-refractivity contribution in [3.63, 3.8) is 0 Å². The first kappa shape index (κ1) is 18.6. The Morgan fingerprint density at radius 2 is 1.93 bits per heavy atom. The monoisotopic (exact) mass is 374 g/mol. The molecule has 142 valence electrons. The number of amides is 2. The van der Waals surface area contributed by atoms with Crippen LogP contribution in [-0.4, -0.2) is 40.9 Å². The molecule has 2 aromatic rings. The number of nitrogens with one attached hydrogen (secondary N) is 1. The summed E-state index contributed by atoms with van der Waals surface area (Å²) in [4.78, 5) is 37.3. The van der Waals surface area contributed by atoms with E-state index >= 15 is 0 Å². The maximum atomic E-state index is 13.0. The number of rotatable bonds is 5. The van der Waals surface area contributed by atoms with Gasteiger partial charge in [0.05, 0.1) is 12.5 Å². The number of hydrogen-bond donors (Lipinski definition) is 2. The van der Waals surface area contributed by atoms with Gasteiger partial charge < -0.3 is 19.7 Å². The van der Waals surface area contributed by atoms with E-state index in [0.29, 0.717) is 30.7 Å². The number of furan rings is 1. The highest BCUT2D eigenvalue weighted by Gasteiger charge is 2.29. The van der Waals surface area contributed by atoms with Gasteiger partial charge in [-0.2, -0.15) is 0 Å². The van der Waals surface area contributed by atoms with Crippen molar-refractivity contribution in [2.45, 2.75) is 19.4 Å². The number of carbonyl (C=O) groups is 3. The highest BCUT2D eigenvalue weighted by Crippen LogP contribution is 2.19. The van der Waals surface area contributed by atoms with Crippen molar-refractivity contribution in [2.75, 3.05) is 13.1 Å². The van der Waals surface area contributed by atoms with E-state index in [0.717, 1.165) is 0 Å². The third-order valence-electron chi connectivity index (χ3n) is 4.48. The number of halogens is 1. The smallest absolute Gasteiger partial charge is 0.371 e. The first-order chi connectivity index (χ1) is 12.9. The Labute approximate surface area is 154 Å². The lowest BCUT2D eigenvalue weighted by Gasteiger charge is -2.32. The number of nitrogens with zero attached hydrogens (tertiary/aromatic N) is 1. The number of carbonyl (C=O) groups excluding carboxylic acids is 2. The lowest BCUT2D eigenvalue weighted by atomic mass is 9.96. The molecule has 0 bridgehead atoms. The Balaban J connectivity index is 1.56. The van der Waals surface area contributed by atoms with E-state index in [4.69, 9.17) is 9.52 Å². The van der Waals surface area contributed by atoms with Gasteiger partial charge >= 0.3 is 5.97 Å². The van der Waals surface area contributed by atoms with Crippen LogP contribution in [0.5, 0.6) is 0 Å². The molecule has 0 radical (unpaired) electrons. The van der Waals surface area contributed by atoms with Crippen LogP contribution in [0.15, 0.2) is 40.8 Å². The van der Waals surface area contributed by atoms with Crippen LogP contribution in [-0.2, 0) is 11.3 Å². The average Bonchev–Trinajstić information content (AvgIpc) is 3.16. The molecule has 2 amide bonds. The van der Waals surface area contributed by atoms with Crippen LogP contribution in [0.3, 0.4) is 0 Å². The molecule has 1 unspecified atom stereocenters. The molecule has 1 saturated heterocycles. The summed E-state index contributed by atoms with van der Waals surface area (Å²) in [7, 11) is 0. The van der Waals surface area contributed by atoms with Crippen molar-refractivity contribution >= 4 is 17.8 Å². The Hall–Kier alpha value is -3.16. The first-order valence-corrected chi connectivity index (χ1v) is 8.58. The zero-order valence-electron chi connectivity index (χ0n) is 14.5. The minimum Gasteiger partial charge on any atom is -0.475 e. The molecule has 3 rings (SSSR count). The summed E-state index contributed by atoms with van der Waals surface area (Å²) in [5.41, 5.74) is 0.384. The first-order valence-electron chi connectivity index (χ1n) is 8.58. The predicted octanol–water partition coefficient (Wildman–Crippen LogP) is 2.29. The van der Waals surface area contributed by atoms with Crippen molar-refractivity contribution < 1.29 is 28.3 Å². The van der Waals surface area contributed by atoms with Gasteiger partial charge in [-0.15, -0.1) is 0 Å². The molecule has 27 heavy (non-hydrogen) atoms. The number of carboxylic acid groups (broad SMARTS) is 1. The van der Waals surface area contributed by atoms with E-state index in [1.807, 2.05) is 0 Å². The normalized spacial score (nSPS) is 16.8. The van der Waals surface area contributed by atoms with Gasteiger partial charge in [-0.25, -0.2) is 9.18 Å². The van der Waals surface area contributed by atoms with Crippen LogP contribution < -0.4 is 5.32 Å². The van der Waals surface area contributed by atoms with E-state index in [9.17, 15) is 18.8 Å². The Morgan fingerprint density at radius 3 is 2.59 bits per heavy atom. The van der Waals surface area contributed by atoms with Gasteiger partial charge in [0.2, 0.25) is 11.7 Å². The van der Waals surface area contributed by atoms with Gasteiger partial charge in [0.15, 0.2) is 0 Å². The second-order valence-corrected chi connectivity index (χ2v) is 6.39. The highest BCUT2D eigenvalue weighted by molar-refractivity contribution is 5.94. The minimum atomic E-state index is -1.17. The van der Waals surface area contributed by atoms with Crippen LogP contribution in [0, 0.1) is 11.7 Å². The number of carboxylic acids is 1. The van der Waals surface area contributed by atoms with E-state index in [1.165, 1.54) is 36.4 Å². The maximum Gasteiger partial charge on any atom is 0.371 e. The topological polar surface area (TPSA) is 99.9 Å². The van der Waals surface area contributed by atoms with Gasteiger partial charge in [-0.3, -0.25) is 9.59 Å². The quantitative estimate of drug-likeness (QED) is 0.836. The van der Waals surface area contributed by atoms with Crippen molar-refractivity contribution in [3.8, 4) is 0 Å². The van der Waals surface area contributed by atoms with Gasteiger partial charge in [-0.05, 0) is 49.2 Å². The van der Waals surface area contributed by atoms with Crippen molar-refractivity contribution in [1.29, 1.82) is 0 Å². The molecule has 0 saturated carbocycles. The van der Waals surface area contributed by atoms with Crippen LogP contribution in [0.2, 0.25) is 0 Å². The van der Waals surface area contributed by atoms with Gasteiger partial charge in [0.25, 0.3) is 5.91 Å². The SMILES string of the molecule is O=C(O)c1ccc(CNC(=O)C2CCCN(C(=O)c3ccc(F)cc3)C2)o1. The molecule has 1 aromatic heterocycles. The van der Waals surface area contributed by atoms with Crippen molar-refractivity contribution in [1.82, 2.24) is 10.2 Å². The summed E-state index contributed by atoms with van der Waals surface area (Å²) in [5, 5.41) is 11.5. The predicted molar refractivity (Wildman–Crippen MR) is 92.5 cm³/mol. The molecule has 7 nitrogen and oxygen atoms in total. The fraction of sp³-hybridized carbons (Fsp3) is 0.316. The minimum absolute atomic E-state index is 0.0779. The second kappa shape index (κ2) is 8.03. The number of aromatic carboxylic acids is 1. The molecule has 2 heterocycles. The summed E-state index contributed by atoms with van der Waals surface area (Å²) < 4.78 is 18.1. The molecule has 1 atom stereocenters. The lowest BCUT2D eigenvalue weighted by Crippen LogP contribution is -2.45. The van der Waals surface area contributed by atoms with Crippen molar-refractivity contribution in [3.05, 3.63) is 59.3 Å². The third kappa shape index (κ3) is 4.52. The Kier molecular flexibility index (Phi) is 5.54. The Morgan fingerprint density at radius 1 is 1.19 bits per heavy atom. The van der Waals surface area contributed by atoms with Gasteiger partial charge in [0, 0.05) is 18.7 Å². The summed E-state index contributed by atoms with van der Waals surface area (Å²) >= 11 is 0. The molecular formula is C19H19FN2O5. The largest absolute Gasteiger partial charge is 0.475 e. The van der Waals surface area contributed by atoms with E-state index < -0.39 is 11.8 Å². The van der Waals surface area contributed by atoms with E-state index in [2.05, 4.69) is 5.32 Å². The van der Waals surface area contributed by atoms with Crippen LogP contribution in [0.1, 0.15) is 39.5 Å². The maximum absolute atomic E-state index is 13.0. The molecule has 1 aromatic carbocycles. The summed E-state index contributed by atoms with van der Waals surface area (Å²) in [6, 6.07) is 8.14. The molecule has 1 aliphatic heterocycles. The molecule has 8 heteroatoms. The standard InChI is InChI=1S/C19H19FN2O5/c20-14-5-3-12(4-6-14)18(24)22-9-1-2-13(11-22)17(23)21-10-15-7-8-16(27-15)19(25)26/h3-8,13H,1-2,9-11H2,(H,21,23)(H,25,26). The number of hydrogen-bond acceptors (Lipinski definition) is 4. The van der Waals surface area contributed by atoms with Crippen molar-refractivity contribution in [2.24, 2.45) is 5.92 Å². The van der Waals surface area contributed by atoms with Crippen LogP contribution >= 0.6 is 0 Å². The van der Waals surface area contributed by atoms with E-state index in [-0.39, 0.29) is 36.6 Å². The van der Waals surface area contributed by atoms with Gasteiger partial charge in [0.1, 0.15) is 11.6 Å². The fourth-order valence-corrected chi connectivity index (χ4v) is 3.06. The third-order valence-corrected chi connectivity index (χ3v) is 4.48. The van der Waals surface area contributed by atoms with Gasteiger partial charge in [-0.1, -0.05) is 0 Å². The molecule has 1 fully saturated rings. The summed E-state index contributed by atoms with van der Waals surface area (Å²) in [5.74, 6) is -2.24. The molecule has 0 spiro atoms. The summed E-state index contributed by atoms with van der Waals surface area (Å²) in [6.45, 7) is 0.898. The number of benzene rings is 1. The molecular weight excluding hydrogens is 355 g/mol. The second-order valence-electron chi connectivity index (χ2n) is 6.39. The zero-order valence-corrected chi connectivity index (χ0v) is 14.5. The number of likely N-dealkylation sites (tertiary alicyclic amines) is 1. The van der Waals surface area contributed by atoms with E-state index in [1.54, 1.807) is 4.90 Å². The number of piperidine rings is 1. The molecule has 0 aliphatic carbocycles. The fourth-order valence-electron chi connectivity index (χ4n) is 3.06. The molecule has 2 N–H and O–H groups in total. The molecule has 1 aliphatic rings.